The molecule has 0 spiro atoms. The molecule has 3 N–H and O–H groups in total. The summed E-state index contributed by atoms with van der Waals surface area (Å²) < 4.78 is 27.4. The zero-order chi connectivity index (χ0) is 28.1. The van der Waals surface area contributed by atoms with E-state index in [2.05, 4.69) is 16.0 Å². The molecule has 2 amide bonds. The predicted molar refractivity (Wildman–Crippen MR) is 151 cm³/mol. The van der Waals surface area contributed by atoms with Crippen LogP contribution in [0.4, 0.5) is 25.8 Å². The highest BCUT2D eigenvalue weighted by Crippen LogP contribution is 2.65. The number of hydrogen-bond acceptors (Lipinski definition) is 3. The topological polar surface area (TPSA) is 70.2 Å². The number of anilines is 3. The van der Waals surface area contributed by atoms with E-state index in [0.29, 0.717) is 11.1 Å². The van der Waals surface area contributed by atoms with E-state index in [0.717, 1.165) is 6.07 Å². The molecule has 0 radical (unpaired) electrons. The Labute approximate surface area is 246 Å². The minimum Gasteiger partial charge on any atom is -0.386 e. The van der Waals surface area contributed by atoms with Crippen molar-refractivity contribution in [3.05, 3.63) is 84.8 Å². The van der Waals surface area contributed by atoms with Gasteiger partial charge in [0.25, 0.3) is 5.91 Å². The first kappa shape index (κ1) is 29.0. The summed E-state index contributed by atoms with van der Waals surface area (Å²) in [5.74, 6) is -4.93. The lowest BCUT2D eigenvalue weighted by Gasteiger charge is -2.14. The number of halogens is 8. The van der Waals surface area contributed by atoms with E-state index in [4.69, 9.17) is 69.6 Å². The van der Waals surface area contributed by atoms with Gasteiger partial charge in [-0.15, -0.1) is 23.2 Å². The molecule has 1 aliphatic carbocycles. The second-order valence-corrected chi connectivity index (χ2v) is 11.6. The molecule has 0 aromatic heterocycles. The van der Waals surface area contributed by atoms with Gasteiger partial charge in [-0.25, -0.2) is 8.78 Å². The van der Waals surface area contributed by atoms with Crippen LogP contribution in [-0.4, -0.2) is 23.2 Å². The third kappa shape index (κ3) is 5.37. The molecular weight excluding hydrogens is 625 g/mol. The van der Waals surface area contributed by atoms with Crippen molar-refractivity contribution in [2.75, 3.05) is 23.0 Å². The van der Waals surface area contributed by atoms with Gasteiger partial charge in [-0.3, -0.25) is 9.59 Å². The van der Waals surface area contributed by atoms with Crippen molar-refractivity contribution < 1.29 is 18.4 Å². The Hall–Kier alpha value is -2.00. The van der Waals surface area contributed by atoms with Crippen LogP contribution in [0, 0.1) is 24.5 Å². The molecule has 1 aliphatic rings. The Morgan fingerprint density at radius 2 is 1.55 bits per heavy atom. The van der Waals surface area contributed by atoms with Gasteiger partial charge in [0.1, 0.15) is 15.8 Å². The number of hydrogen-bond donors (Lipinski definition) is 3. The number of rotatable bonds is 6. The minimum absolute atomic E-state index is 0.0159. The highest BCUT2D eigenvalue weighted by atomic mass is 35.5. The lowest BCUT2D eigenvalue weighted by atomic mass is 10.1. The van der Waals surface area contributed by atoms with Crippen LogP contribution in [0.25, 0.3) is 0 Å². The van der Waals surface area contributed by atoms with E-state index in [1.54, 1.807) is 6.92 Å². The smallest absolute Gasteiger partial charge is 0.257 e. The maximum atomic E-state index is 14.6. The summed E-state index contributed by atoms with van der Waals surface area (Å²) in [5, 5.41) is 8.00. The Bertz CT molecular complexity index is 1460. The van der Waals surface area contributed by atoms with Crippen LogP contribution in [-0.2, 0) is 4.79 Å². The van der Waals surface area contributed by atoms with E-state index in [1.165, 1.54) is 37.4 Å². The SMILES string of the molecule is CNc1ccc(F)c(NC(=O)c2cc(NC(=O)[C@H]3[C@H](c4cc(Cl)c(Cl)c(Cl)c4)C3(Cl)Cl)cc(C)c2Cl)c1F. The molecular formula is C25H17Cl6F2N3O2. The largest absolute Gasteiger partial charge is 0.386 e. The number of alkyl halides is 2. The number of aryl methyl sites for hydroxylation is 1. The third-order valence-electron chi connectivity index (χ3n) is 6.07. The average molecular weight is 642 g/mol. The van der Waals surface area contributed by atoms with Gasteiger partial charge in [0.05, 0.1) is 37.3 Å². The fraction of sp³-hybridized carbons (Fsp3) is 0.200. The summed E-state index contributed by atoms with van der Waals surface area (Å²) in [4.78, 5) is 26.1. The van der Waals surface area contributed by atoms with Gasteiger partial charge < -0.3 is 16.0 Å². The van der Waals surface area contributed by atoms with Crippen LogP contribution in [0.2, 0.25) is 20.1 Å². The quantitative estimate of drug-likeness (QED) is 0.186. The van der Waals surface area contributed by atoms with Crippen LogP contribution >= 0.6 is 69.6 Å². The lowest BCUT2D eigenvalue weighted by molar-refractivity contribution is -0.117. The molecule has 2 atom stereocenters. The van der Waals surface area contributed by atoms with E-state index < -0.39 is 45.3 Å². The van der Waals surface area contributed by atoms with Crippen LogP contribution < -0.4 is 16.0 Å². The Morgan fingerprint density at radius 3 is 2.16 bits per heavy atom. The molecule has 38 heavy (non-hydrogen) atoms. The van der Waals surface area contributed by atoms with Crippen molar-refractivity contribution in [3.63, 3.8) is 0 Å². The van der Waals surface area contributed by atoms with Crippen molar-refractivity contribution in [2.24, 2.45) is 5.92 Å². The average Bonchev–Trinajstić information content (AvgIpc) is 3.43. The highest BCUT2D eigenvalue weighted by Gasteiger charge is 2.67. The molecule has 200 valence electrons. The maximum Gasteiger partial charge on any atom is 0.257 e. The number of carbonyl (C=O) groups is 2. The first-order chi connectivity index (χ1) is 17.8. The van der Waals surface area contributed by atoms with E-state index in [1.807, 2.05) is 0 Å². The van der Waals surface area contributed by atoms with Gasteiger partial charge in [0.2, 0.25) is 5.91 Å². The van der Waals surface area contributed by atoms with Gasteiger partial charge in [-0.1, -0.05) is 46.4 Å². The fourth-order valence-corrected chi connectivity index (χ4v) is 5.73. The number of nitrogens with one attached hydrogen (secondary N) is 3. The Kier molecular flexibility index (Phi) is 8.30. The maximum absolute atomic E-state index is 14.6. The molecule has 0 aliphatic heterocycles. The van der Waals surface area contributed by atoms with Gasteiger partial charge in [0.15, 0.2) is 5.82 Å². The molecule has 13 heteroatoms. The van der Waals surface area contributed by atoms with Crippen LogP contribution in [0.5, 0.6) is 0 Å². The van der Waals surface area contributed by atoms with Crippen LogP contribution in [0.1, 0.15) is 27.4 Å². The summed E-state index contributed by atoms with van der Waals surface area (Å²) in [6.07, 6.45) is 0. The van der Waals surface area contributed by atoms with Crippen LogP contribution in [0.15, 0.2) is 36.4 Å². The second kappa shape index (κ2) is 10.9. The van der Waals surface area contributed by atoms with E-state index in [9.17, 15) is 18.4 Å². The molecule has 0 unspecified atom stereocenters. The van der Waals surface area contributed by atoms with Gasteiger partial charge in [-0.2, -0.15) is 0 Å². The first-order valence-corrected chi connectivity index (χ1v) is 13.1. The molecule has 0 bridgehead atoms. The molecule has 1 fully saturated rings. The lowest BCUT2D eigenvalue weighted by Crippen LogP contribution is -2.19. The molecule has 1 saturated carbocycles. The van der Waals surface area contributed by atoms with Crippen molar-refractivity contribution >= 4 is 98.5 Å². The standard InChI is InChI=1S/C25H17Cl6F2N3O2/c1-9-5-11(8-12(19(9)28)23(37)36-22-15(32)3-4-16(34-2)21(22)33)35-24(38)18-17(25(18,30)31)10-6-13(26)20(29)14(27)7-10/h3-8,17-18,34H,1-2H3,(H,35,38)(H,36,37)/t17-,18+/m0/s1. The number of benzene rings is 3. The number of carbonyl (C=O) groups excluding carboxylic acids is 2. The van der Waals surface area contributed by atoms with Crippen molar-refractivity contribution in [3.8, 4) is 0 Å². The first-order valence-electron chi connectivity index (χ1n) is 10.9. The molecule has 3 aromatic rings. The highest BCUT2D eigenvalue weighted by molar-refractivity contribution is 6.54. The summed E-state index contributed by atoms with van der Waals surface area (Å²) in [6.45, 7) is 1.60. The fourth-order valence-electron chi connectivity index (χ4n) is 4.09. The third-order valence-corrected chi connectivity index (χ3v) is 8.71. The van der Waals surface area contributed by atoms with Crippen molar-refractivity contribution in [1.82, 2.24) is 0 Å². The van der Waals surface area contributed by atoms with Crippen LogP contribution in [0.3, 0.4) is 0 Å². The van der Waals surface area contributed by atoms with Gasteiger partial charge >= 0.3 is 0 Å². The molecule has 3 aromatic carbocycles. The minimum atomic E-state index is -1.46. The molecule has 0 heterocycles. The van der Waals surface area contributed by atoms with Gasteiger partial charge in [-0.05, 0) is 54.4 Å². The van der Waals surface area contributed by atoms with E-state index in [-0.39, 0.29) is 37.0 Å². The summed E-state index contributed by atoms with van der Waals surface area (Å²) in [5.41, 5.74) is 0.343. The Balaban J connectivity index is 1.58. The molecule has 4 rings (SSSR count). The summed E-state index contributed by atoms with van der Waals surface area (Å²) >= 11 is 37.4. The molecule has 5 nitrogen and oxygen atoms in total. The predicted octanol–water partition coefficient (Wildman–Crippen LogP) is 8.71. The summed E-state index contributed by atoms with van der Waals surface area (Å²) in [7, 11) is 1.45. The van der Waals surface area contributed by atoms with Crippen molar-refractivity contribution in [2.45, 2.75) is 17.2 Å². The van der Waals surface area contributed by atoms with Gasteiger partial charge in [0, 0.05) is 18.7 Å². The monoisotopic (exact) mass is 639 g/mol. The summed E-state index contributed by atoms with van der Waals surface area (Å²) in [6, 6.07) is 8.06. The second-order valence-electron chi connectivity index (χ2n) is 8.56. The zero-order valence-corrected chi connectivity index (χ0v) is 24.0. The van der Waals surface area contributed by atoms with Crippen molar-refractivity contribution in [1.29, 1.82) is 0 Å². The van der Waals surface area contributed by atoms with E-state index >= 15 is 0 Å². The normalized spacial score (nSPS) is 17.6. The molecule has 0 saturated heterocycles. The zero-order valence-electron chi connectivity index (χ0n) is 19.5. The Morgan fingerprint density at radius 1 is 0.921 bits per heavy atom. The number of amides is 2.